The first-order valence-electron chi connectivity index (χ1n) is 8.46. The van der Waals surface area contributed by atoms with Crippen molar-refractivity contribution in [2.24, 2.45) is 5.92 Å². The normalized spacial score (nSPS) is 16.0. The summed E-state index contributed by atoms with van der Waals surface area (Å²) in [6.07, 6.45) is 0. The molecule has 7 nitrogen and oxygen atoms in total. The minimum Gasteiger partial charge on any atom is -0.497 e. The summed E-state index contributed by atoms with van der Waals surface area (Å²) in [7, 11) is -0.997. The summed E-state index contributed by atoms with van der Waals surface area (Å²) in [5.74, 6) is 0.393. The monoisotopic (exact) mass is 390 g/mol. The molecule has 8 heteroatoms. The zero-order chi connectivity index (χ0) is 19.8. The fourth-order valence-electron chi connectivity index (χ4n) is 3.22. The number of methoxy groups -OCH3 is 2. The number of rotatable bonds is 6. The van der Waals surface area contributed by atoms with E-state index in [1.54, 1.807) is 24.3 Å². The first kappa shape index (κ1) is 19.0. The summed E-state index contributed by atoms with van der Waals surface area (Å²) in [6.45, 7) is 3.91. The third-order valence-electron chi connectivity index (χ3n) is 4.51. The lowest BCUT2D eigenvalue weighted by Crippen LogP contribution is -2.17. The zero-order valence-corrected chi connectivity index (χ0v) is 16.4. The van der Waals surface area contributed by atoms with Crippen LogP contribution in [0.3, 0.4) is 0 Å². The predicted molar refractivity (Wildman–Crippen MR) is 103 cm³/mol. The minimum atomic E-state index is -3.89. The van der Waals surface area contributed by atoms with E-state index in [9.17, 15) is 13.2 Å². The van der Waals surface area contributed by atoms with Crippen molar-refractivity contribution in [2.45, 2.75) is 24.7 Å². The molecule has 0 bridgehead atoms. The van der Waals surface area contributed by atoms with Crippen LogP contribution in [0.15, 0.2) is 41.3 Å². The Kier molecular flexibility index (Phi) is 5.01. The second-order valence-electron chi connectivity index (χ2n) is 6.64. The SMILES string of the molecule is COc1ccc(S(=O)(=O)Nc2ccc3c(c2)C(C(C)C)C(=O)N3)c(OC)c1. The number of anilines is 2. The molecule has 1 atom stereocenters. The maximum atomic E-state index is 12.8. The summed E-state index contributed by atoms with van der Waals surface area (Å²) in [4.78, 5) is 12.2. The van der Waals surface area contributed by atoms with Gasteiger partial charge in [-0.2, -0.15) is 0 Å². The smallest absolute Gasteiger partial charge is 0.265 e. The number of hydrogen-bond acceptors (Lipinski definition) is 5. The molecular weight excluding hydrogens is 368 g/mol. The van der Waals surface area contributed by atoms with E-state index in [1.807, 2.05) is 13.8 Å². The Morgan fingerprint density at radius 3 is 2.44 bits per heavy atom. The van der Waals surface area contributed by atoms with E-state index in [0.717, 1.165) is 5.56 Å². The summed E-state index contributed by atoms with van der Waals surface area (Å²) < 4.78 is 38.6. The summed E-state index contributed by atoms with van der Waals surface area (Å²) >= 11 is 0. The van der Waals surface area contributed by atoms with Gasteiger partial charge in [0.1, 0.15) is 16.4 Å². The molecule has 1 unspecified atom stereocenters. The summed E-state index contributed by atoms with van der Waals surface area (Å²) in [6, 6.07) is 9.51. The first-order chi connectivity index (χ1) is 12.8. The average molecular weight is 390 g/mol. The van der Waals surface area contributed by atoms with E-state index in [4.69, 9.17) is 9.47 Å². The highest BCUT2D eigenvalue weighted by Gasteiger charge is 2.33. The van der Waals surface area contributed by atoms with Gasteiger partial charge in [0.2, 0.25) is 5.91 Å². The Hall–Kier alpha value is -2.74. The molecule has 2 N–H and O–H groups in total. The lowest BCUT2D eigenvalue weighted by Gasteiger charge is -2.15. The number of sulfonamides is 1. The van der Waals surface area contributed by atoms with Crippen LogP contribution in [0.5, 0.6) is 11.5 Å². The Morgan fingerprint density at radius 1 is 1.07 bits per heavy atom. The highest BCUT2D eigenvalue weighted by Crippen LogP contribution is 2.39. The van der Waals surface area contributed by atoms with E-state index in [0.29, 0.717) is 17.1 Å². The fourth-order valence-corrected chi connectivity index (χ4v) is 4.42. The molecule has 27 heavy (non-hydrogen) atoms. The number of carbonyl (C=O) groups excluding carboxylic acids is 1. The van der Waals surface area contributed by atoms with Gasteiger partial charge in [-0.05, 0) is 41.8 Å². The molecule has 0 radical (unpaired) electrons. The van der Waals surface area contributed by atoms with Gasteiger partial charge in [-0.1, -0.05) is 13.8 Å². The molecule has 0 fully saturated rings. The Labute approximate surface area is 158 Å². The molecule has 1 heterocycles. The number of fused-ring (bicyclic) bond motifs is 1. The molecule has 0 aliphatic carbocycles. The maximum absolute atomic E-state index is 12.8. The molecule has 1 aliphatic heterocycles. The number of hydrogen-bond donors (Lipinski definition) is 2. The molecule has 2 aromatic carbocycles. The van der Waals surface area contributed by atoms with Crippen LogP contribution in [0.25, 0.3) is 0 Å². The number of benzene rings is 2. The quantitative estimate of drug-likeness (QED) is 0.790. The number of ether oxygens (including phenoxy) is 2. The topological polar surface area (TPSA) is 93.7 Å². The van der Waals surface area contributed by atoms with Gasteiger partial charge in [-0.3, -0.25) is 9.52 Å². The number of nitrogens with one attached hydrogen (secondary N) is 2. The van der Waals surface area contributed by atoms with Gasteiger partial charge in [0.05, 0.1) is 20.1 Å². The molecule has 3 rings (SSSR count). The molecule has 0 spiro atoms. The van der Waals surface area contributed by atoms with Crippen LogP contribution in [0.1, 0.15) is 25.3 Å². The van der Waals surface area contributed by atoms with Crippen molar-refractivity contribution in [1.29, 1.82) is 0 Å². The molecule has 2 aromatic rings. The van der Waals surface area contributed by atoms with Crippen molar-refractivity contribution in [2.75, 3.05) is 24.3 Å². The summed E-state index contributed by atoms with van der Waals surface area (Å²) in [5, 5.41) is 2.83. The average Bonchev–Trinajstić information content (AvgIpc) is 2.95. The zero-order valence-electron chi connectivity index (χ0n) is 15.6. The molecule has 144 valence electrons. The van der Waals surface area contributed by atoms with E-state index < -0.39 is 10.0 Å². The van der Waals surface area contributed by atoms with E-state index in [2.05, 4.69) is 10.0 Å². The van der Waals surface area contributed by atoms with Gasteiger partial charge in [-0.25, -0.2) is 8.42 Å². The van der Waals surface area contributed by atoms with E-state index >= 15 is 0 Å². The number of amides is 1. The van der Waals surface area contributed by atoms with E-state index in [-0.39, 0.29) is 28.4 Å². The van der Waals surface area contributed by atoms with Crippen molar-refractivity contribution < 1.29 is 22.7 Å². The highest BCUT2D eigenvalue weighted by atomic mass is 32.2. The van der Waals surface area contributed by atoms with Gasteiger partial charge >= 0.3 is 0 Å². The molecule has 0 saturated carbocycles. The molecule has 0 aromatic heterocycles. The van der Waals surface area contributed by atoms with Crippen LogP contribution < -0.4 is 19.5 Å². The van der Waals surface area contributed by atoms with Gasteiger partial charge in [0, 0.05) is 17.4 Å². The van der Waals surface area contributed by atoms with Gasteiger partial charge in [0.15, 0.2) is 0 Å². The lowest BCUT2D eigenvalue weighted by atomic mass is 9.89. The van der Waals surface area contributed by atoms with Crippen LogP contribution >= 0.6 is 0 Å². The Morgan fingerprint density at radius 2 is 1.81 bits per heavy atom. The standard InChI is InChI=1S/C19H22N2O5S/c1-11(2)18-14-9-12(5-7-15(14)20-19(18)22)21-27(23,24)17-8-6-13(25-3)10-16(17)26-4/h5-11,18,21H,1-4H3,(H,20,22). The van der Waals surface area contributed by atoms with Crippen molar-refractivity contribution in [3.63, 3.8) is 0 Å². The molecule has 0 saturated heterocycles. The van der Waals surface area contributed by atoms with Crippen LogP contribution in [-0.4, -0.2) is 28.5 Å². The van der Waals surface area contributed by atoms with Gasteiger partial charge in [0.25, 0.3) is 10.0 Å². The second-order valence-corrected chi connectivity index (χ2v) is 8.29. The minimum absolute atomic E-state index is 0.000842. The van der Waals surface area contributed by atoms with Crippen molar-refractivity contribution >= 4 is 27.3 Å². The van der Waals surface area contributed by atoms with Crippen LogP contribution in [0.4, 0.5) is 11.4 Å². The fraction of sp³-hybridized carbons (Fsp3) is 0.316. The molecule has 1 amide bonds. The third-order valence-corrected chi connectivity index (χ3v) is 5.93. The van der Waals surface area contributed by atoms with Crippen LogP contribution in [0, 0.1) is 5.92 Å². The van der Waals surface area contributed by atoms with Gasteiger partial charge < -0.3 is 14.8 Å². The lowest BCUT2D eigenvalue weighted by molar-refractivity contribution is -0.117. The summed E-state index contributed by atoms with van der Waals surface area (Å²) in [5.41, 5.74) is 1.88. The third kappa shape index (κ3) is 3.57. The first-order valence-corrected chi connectivity index (χ1v) is 9.95. The Bertz CT molecular complexity index is 986. The van der Waals surface area contributed by atoms with Crippen LogP contribution in [0.2, 0.25) is 0 Å². The number of carbonyl (C=O) groups is 1. The molecule has 1 aliphatic rings. The van der Waals surface area contributed by atoms with Crippen molar-refractivity contribution in [1.82, 2.24) is 0 Å². The van der Waals surface area contributed by atoms with Crippen molar-refractivity contribution in [3.05, 3.63) is 42.0 Å². The van der Waals surface area contributed by atoms with E-state index in [1.165, 1.54) is 26.4 Å². The predicted octanol–water partition coefficient (Wildman–Crippen LogP) is 3.20. The Balaban J connectivity index is 1.95. The molecular formula is C19H22N2O5S. The maximum Gasteiger partial charge on any atom is 0.265 e. The largest absolute Gasteiger partial charge is 0.497 e. The van der Waals surface area contributed by atoms with Gasteiger partial charge in [-0.15, -0.1) is 0 Å². The second kappa shape index (κ2) is 7.11. The van der Waals surface area contributed by atoms with Crippen LogP contribution in [-0.2, 0) is 14.8 Å². The van der Waals surface area contributed by atoms with Crippen molar-refractivity contribution in [3.8, 4) is 11.5 Å². The highest BCUT2D eigenvalue weighted by molar-refractivity contribution is 7.92.